The molecule has 0 aromatic heterocycles. The van der Waals surface area contributed by atoms with E-state index < -0.39 is 5.91 Å². The summed E-state index contributed by atoms with van der Waals surface area (Å²) in [5.74, 6) is -0.0801. The number of hydrogen-bond acceptors (Lipinski definition) is 5. The smallest absolute Gasteiger partial charge is 0.243 e. The molecular weight excluding hydrogens is 378 g/mol. The summed E-state index contributed by atoms with van der Waals surface area (Å²) in [7, 11) is 1.52. The van der Waals surface area contributed by atoms with E-state index in [2.05, 4.69) is 10.6 Å². The van der Waals surface area contributed by atoms with Gasteiger partial charge in [0.15, 0.2) is 0 Å². The van der Waals surface area contributed by atoms with Crippen molar-refractivity contribution in [2.45, 2.75) is 11.8 Å². The Balaban J connectivity index is 1.57. The van der Waals surface area contributed by atoms with Gasteiger partial charge in [0.05, 0.1) is 30.8 Å². The first-order chi connectivity index (χ1) is 13.5. The van der Waals surface area contributed by atoms with Crippen molar-refractivity contribution >= 4 is 40.9 Å². The first-order valence-corrected chi connectivity index (χ1v) is 9.70. The monoisotopic (exact) mass is 399 g/mol. The van der Waals surface area contributed by atoms with E-state index in [9.17, 15) is 14.4 Å². The van der Waals surface area contributed by atoms with Crippen LogP contribution < -0.4 is 20.3 Å². The van der Waals surface area contributed by atoms with Crippen molar-refractivity contribution in [1.29, 1.82) is 0 Å². The van der Waals surface area contributed by atoms with E-state index >= 15 is 0 Å². The lowest BCUT2D eigenvalue weighted by molar-refractivity contribution is -0.124. The maximum absolute atomic E-state index is 12.3. The molecule has 3 amide bonds. The molecule has 0 saturated heterocycles. The molecule has 2 aromatic carbocycles. The minimum atomic E-state index is -0.401. The molecule has 1 aliphatic heterocycles. The van der Waals surface area contributed by atoms with E-state index in [1.54, 1.807) is 12.1 Å². The van der Waals surface area contributed by atoms with Crippen molar-refractivity contribution in [2.24, 2.45) is 0 Å². The molecule has 0 saturated carbocycles. The molecule has 0 atom stereocenters. The Kier molecular flexibility index (Phi) is 6.20. The predicted molar refractivity (Wildman–Crippen MR) is 109 cm³/mol. The fourth-order valence-corrected chi connectivity index (χ4v) is 3.76. The molecule has 0 spiro atoms. The number of rotatable bonds is 6. The summed E-state index contributed by atoms with van der Waals surface area (Å²) in [6, 6.07) is 12.9. The number of ether oxygens (including phenoxy) is 1. The second-order valence-electron chi connectivity index (χ2n) is 6.26. The third kappa shape index (κ3) is 4.64. The second-order valence-corrected chi connectivity index (χ2v) is 7.28. The fourth-order valence-electron chi connectivity index (χ4n) is 2.82. The Morgan fingerprint density at radius 3 is 2.75 bits per heavy atom. The number of nitrogens with zero attached hydrogens (tertiary/aromatic N) is 1. The van der Waals surface area contributed by atoms with Crippen LogP contribution in [0.25, 0.3) is 0 Å². The van der Waals surface area contributed by atoms with Crippen LogP contribution in [0.1, 0.15) is 5.56 Å². The van der Waals surface area contributed by atoms with Crippen LogP contribution in [0.5, 0.6) is 5.75 Å². The van der Waals surface area contributed by atoms with E-state index in [0.29, 0.717) is 17.1 Å². The predicted octanol–water partition coefficient (Wildman–Crippen LogP) is 2.20. The van der Waals surface area contributed by atoms with Gasteiger partial charge in [-0.25, -0.2) is 0 Å². The summed E-state index contributed by atoms with van der Waals surface area (Å²) < 4.78 is 5.22. The molecular formula is C20H21N3O4S. The summed E-state index contributed by atoms with van der Waals surface area (Å²) >= 11 is 1.45. The van der Waals surface area contributed by atoms with Crippen LogP contribution in [0.4, 0.5) is 11.4 Å². The average Bonchev–Trinajstić information content (AvgIpc) is 2.69. The minimum Gasteiger partial charge on any atom is -0.495 e. The van der Waals surface area contributed by atoms with Crippen LogP contribution in [-0.2, 0) is 14.4 Å². The van der Waals surface area contributed by atoms with Gasteiger partial charge in [-0.05, 0) is 36.8 Å². The van der Waals surface area contributed by atoms with E-state index in [4.69, 9.17) is 4.74 Å². The molecule has 28 heavy (non-hydrogen) atoms. The number of para-hydroxylation sites is 1. The number of anilines is 2. The molecule has 0 fully saturated rings. The average molecular weight is 399 g/mol. The normalized spacial score (nSPS) is 12.9. The summed E-state index contributed by atoms with van der Waals surface area (Å²) in [5.41, 5.74) is 2.23. The van der Waals surface area contributed by atoms with Gasteiger partial charge < -0.3 is 20.3 Å². The largest absolute Gasteiger partial charge is 0.495 e. The lowest BCUT2D eigenvalue weighted by Crippen LogP contribution is -2.44. The number of fused-ring (bicyclic) bond motifs is 1. The zero-order valence-corrected chi connectivity index (χ0v) is 16.5. The van der Waals surface area contributed by atoms with E-state index in [1.807, 2.05) is 37.3 Å². The first-order valence-electron chi connectivity index (χ1n) is 8.71. The quantitative estimate of drug-likeness (QED) is 0.778. The van der Waals surface area contributed by atoms with Gasteiger partial charge >= 0.3 is 0 Å². The highest BCUT2D eigenvalue weighted by molar-refractivity contribution is 8.00. The number of carbonyl (C=O) groups excluding carboxylic acids is 3. The molecule has 0 radical (unpaired) electrons. The maximum Gasteiger partial charge on any atom is 0.243 e. The van der Waals surface area contributed by atoms with Crippen LogP contribution >= 0.6 is 11.8 Å². The lowest BCUT2D eigenvalue weighted by atomic mass is 10.2. The SMILES string of the molecule is COc1ccc(C)cc1NC(=O)CNC(=O)CN1C(=O)CSc2ccccc21. The topological polar surface area (TPSA) is 87.7 Å². The highest BCUT2D eigenvalue weighted by Crippen LogP contribution is 2.34. The number of methoxy groups -OCH3 is 1. The molecule has 0 unspecified atom stereocenters. The molecule has 0 bridgehead atoms. The fraction of sp³-hybridized carbons (Fsp3) is 0.250. The number of amides is 3. The van der Waals surface area contributed by atoms with Crippen molar-refractivity contribution in [3.05, 3.63) is 48.0 Å². The van der Waals surface area contributed by atoms with Crippen LogP contribution in [-0.4, -0.2) is 43.7 Å². The number of thioether (sulfide) groups is 1. The number of aryl methyl sites for hydroxylation is 1. The van der Waals surface area contributed by atoms with Crippen LogP contribution in [0.15, 0.2) is 47.4 Å². The van der Waals surface area contributed by atoms with Gasteiger partial charge in [0.1, 0.15) is 12.3 Å². The van der Waals surface area contributed by atoms with E-state index in [1.165, 1.54) is 23.8 Å². The second kappa shape index (κ2) is 8.79. The molecule has 1 aliphatic rings. The molecule has 146 valence electrons. The summed E-state index contributed by atoms with van der Waals surface area (Å²) in [5, 5.41) is 5.28. The summed E-state index contributed by atoms with van der Waals surface area (Å²) in [6.45, 7) is 1.58. The number of hydrogen-bond donors (Lipinski definition) is 2. The van der Waals surface area contributed by atoms with E-state index in [0.717, 1.165) is 10.5 Å². The van der Waals surface area contributed by atoms with Crippen molar-refractivity contribution in [2.75, 3.05) is 36.2 Å². The van der Waals surface area contributed by atoms with Gasteiger partial charge in [-0.3, -0.25) is 14.4 Å². The third-order valence-corrected chi connectivity index (χ3v) is 5.23. The number of nitrogens with one attached hydrogen (secondary N) is 2. The Bertz CT molecular complexity index is 916. The molecule has 8 heteroatoms. The van der Waals surface area contributed by atoms with Gasteiger partial charge in [-0.1, -0.05) is 18.2 Å². The Morgan fingerprint density at radius 2 is 1.96 bits per heavy atom. The Labute approximate surface area is 167 Å². The Morgan fingerprint density at radius 1 is 1.18 bits per heavy atom. The van der Waals surface area contributed by atoms with Gasteiger partial charge in [-0.2, -0.15) is 0 Å². The van der Waals surface area contributed by atoms with Crippen molar-refractivity contribution in [3.8, 4) is 5.75 Å². The maximum atomic E-state index is 12.3. The highest BCUT2D eigenvalue weighted by atomic mass is 32.2. The molecule has 3 rings (SSSR count). The summed E-state index contributed by atoms with van der Waals surface area (Å²) in [4.78, 5) is 39.1. The molecule has 2 aromatic rings. The van der Waals surface area contributed by atoms with Gasteiger partial charge in [0.2, 0.25) is 17.7 Å². The Hall–Kier alpha value is -3.00. The van der Waals surface area contributed by atoms with Crippen molar-refractivity contribution in [1.82, 2.24) is 5.32 Å². The minimum absolute atomic E-state index is 0.128. The van der Waals surface area contributed by atoms with Crippen LogP contribution in [0.2, 0.25) is 0 Å². The molecule has 2 N–H and O–H groups in total. The number of benzene rings is 2. The summed E-state index contributed by atoms with van der Waals surface area (Å²) in [6.07, 6.45) is 0. The first kappa shape index (κ1) is 19.8. The standard InChI is InChI=1S/C20H21N3O4S/c1-13-7-8-16(27-2)14(9-13)22-18(24)10-21-19(25)11-23-15-5-3-4-6-17(15)28-12-20(23)26/h3-9H,10-12H2,1-2H3,(H,21,25)(H,22,24). The van der Waals surface area contributed by atoms with Crippen LogP contribution in [0.3, 0.4) is 0 Å². The van der Waals surface area contributed by atoms with Gasteiger partial charge in [0.25, 0.3) is 0 Å². The van der Waals surface area contributed by atoms with Gasteiger partial charge in [0, 0.05) is 4.90 Å². The van der Waals surface area contributed by atoms with Crippen molar-refractivity contribution < 1.29 is 19.1 Å². The highest BCUT2D eigenvalue weighted by Gasteiger charge is 2.26. The van der Waals surface area contributed by atoms with Crippen molar-refractivity contribution in [3.63, 3.8) is 0 Å². The zero-order chi connectivity index (χ0) is 20.1. The lowest BCUT2D eigenvalue weighted by Gasteiger charge is -2.28. The molecule has 1 heterocycles. The third-order valence-electron chi connectivity index (χ3n) is 4.19. The number of carbonyl (C=O) groups is 3. The molecule has 0 aliphatic carbocycles. The van der Waals surface area contributed by atoms with Crippen LogP contribution in [0, 0.1) is 6.92 Å². The molecule has 7 nitrogen and oxygen atoms in total. The van der Waals surface area contributed by atoms with Gasteiger partial charge in [-0.15, -0.1) is 11.8 Å². The zero-order valence-electron chi connectivity index (χ0n) is 15.7. The van der Waals surface area contributed by atoms with E-state index in [-0.39, 0.29) is 30.7 Å².